The molecule has 4 rings (SSSR count). The minimum absolute atomic E-state index is 0.312. The lowest BCUT2D eigenvalue weighted by Crippen LogP contribution is -2.36. The fourth-order valence-electron chi connectivity index (χ4n) is 3.71. The molecule has 1 aliphatic rings. The van der Waals surface area contributed by atoms with Gasteiger partial charge in [-0.25, -0.2) is 0 Å². The molecule has 1 N–H and O–H groups in total. The molecule has 33 heavy (non-hydrogen) atoms. The summed E-state index contributed by atoms with van der Waals surface area (Å²) >= 11 is 12.8. The lowest BCUT2D eigenvalue weighted by molar-refractivity contribution is 0.122. The maximum atomic E-state index is 6.58. The molecule has 7 heteroatoms. The zero-order valence-corrected chi connectivity index (χ0v) is 20.2. The summed E-state index contributed by atoms with van der Waals surface area (Å²) in [6.07, 6.45) is 0. The average Bonchev–Trinajstić information content (AvgIpc) is 2.84. The number of benzene rings is 3. The monoisotopic (exact) mass is 486 g/mol. The summed E-state index contributed by atoms with van der Waals surface area (Å²) in [6, 6.07) is 19.9. The zero-order valence-electron chi connectivity index (χ0n) is 18.7. The number of halogens is 2. The third-order valence-electron chi connectivity index (χ3n) is 5.44. The van der Waals surface area contributed by atoms with Crippen LogP contribution >= 0.6 is 23.2 Å². The summed E-state index contributed by atoms with van der Waals surface area (Å²) < 4.78 is 17.3. The molecule has 1 heterocycles. The highest BCUT2D eigenvalue weighted by molar-refractivity contribution is 6.32. The van der Waals surface area contributed by atoms with Crippen molar-refractivity contribution >= 4 is 34.6 Å². The minimum Gasteiger partial charge on any atom is -0.490 e. The molecular formula is C26H28Cl2N2O3. The van der Waals surface area contributed by atoms with Crippen molar-refractivity contribution in [2.45, 2.75) is 20.1 Å². The van der Waals surface area contributed by atoms with Gasteiger partial charge in [0.05, 0.1) is 24.8 Å². The summed E-state index contributed by atoms with van der Waals surface area (Å²) in [6.45, 7) is 6.79. The van der Waals surface area contributed by atoms with Crippen LogP contribution in [-0.4, -0.2) is 32.9 Å². The second-order valence-corrected chi connectivity index (χ2v) is 8.53. The third-order valence-corrected chi connectivity index (χ3v) is 6.09. The van der Waals surface area contributed by atoms with Gasteiger partial charge in [-0.05, 0) is 55.0 Å². The lowest BCUT2D eigenvalue weighted by Gasteiger charge is -2.29. The van der Waals surface area contributed by atoms with Crippen molar-refractivity contribution in [3.05, 3.63) is 81.8 Å². The van der Waals surface area contributed by atoms with E-state index in [4.69, 9.17) is 37.4 Å². The molecule has 0 spiro atoms. The highest BCUT2D eigenvalue weighted by Crippen LogP contribution is 2.38. The van der Waals surface area contributed by atoms with Crippen LogP contribution in [0.4, 0.5) is 11.4 Å². The molecule has 5 nitrogen and oxygen atoms in total. The summed E-state index contributed by atoms with van der Waals surface area (Å²) in [4.78, 5) is 2.34. The molecule has 1 aliphatic heterocycles. The van der Waals surface area contributed by atoms with Gasteiger partial charge in [0.25, 0.3) is 0 Å². The second-order valence-electron chi connectivity index (χ2n) is 7.72. The molecule has 1 fully saturated rings. The van der Waals surface area contributed by atoms with Gasteiger partial charge in [0.1, 0.15) is 6.61 Å². The van der Waals surface area contributed by atoms with E-state index in [2.05, 4.69) is 34.5 Å². The molecule has 3 aromatic carbocycles. The molecule has 0 radical (unpaired) electrons. The van der Waals surface area contributed by atoms with Gasteiger partial charge in [-0.2, -0.15) is 0 Å². The maximum Gasteiger partial charge on any atom is 0.180 e. The van der Waals surface area contributed by atoms with Crippen LogP contribution in [0, 0.1) is 0 Å². The number of ether oxygens (including phenoxy) is 3. The number of anilines is 2. The third kappa shape index (κ3) is 6.26. The number of hydrogen-bond donors (Lipinski definition) is 1. The molecule has 0 aliphatic carbocycles. The highest BCUT2D eigenvalue weighted by Gasteiger charge is 2.14. The number of morpholine rings is 1. The molecule has 0 bridgehead atoms. The van der Waals surface area contributed by atoms with Crippen molar-refractivity contribution in [1.82, 2.24) is 0 Å². The molecular weight excluding hydrogens is 459 g/mol. The number of nitrogens with zero attached hydrogens (tertiary/aromatic N) is 1. The highest BCUT2D eigenvalue weighted by atomic mass is 35.5. The molecule has 0 unspecified atom stereocenters. The van der Waals surface area contributed by atoms with Crippen LogP contribution in [0.3, 0.4) is 0 Å². The van der Waals surface area contributed by atoms with Crippen molar-refractivity contribution in [3.63, 3.8) is 0 Å². The van der Waals surface area contributed by atoms with Gasteiger partial charge in [-0.15, -0.1) is 0 Å². The van der Waals surface area contributed by atoms with E-state index in [0.717, 1.165) is 43.1 Å². The van der Waals surface area contributed by atoms with Gasteiger partial charge < -0.3 is 24.4 Å². The van der Waals surface area contributed by atoms with E-state index in [1.807, 2.05) is 43.3 Å². The van der Waals surface area contributed by atoms with Crippen LogP contribution in [0.2, 0.25) is 10.0 Å². The molecule has 1 saturated heterocycles. The van der Waals surface area contributed by atoms with Crippen molar-refractivity contribution in [1.29, 1.82) is 0 Å². The average molecular weight is 487 g/mol. The first-order valence-corrected chi connectivity index (χ1v) is 11.9. The van der Waals surface area contributed by atoms with E-state index in [0.29, 0.717) is 41.3 Å². The molecule has 0 saturated carbocycles. The number of nitrogens with one attached hydrogen (secondary N) is 1. The van der Waals surface area contributed by atoms with E-state index < -0.39 is 0 Å². The lowest BCUT2D eigenvalue weighted by atomic mass is 10.1. The van der Waals surface area contributed by atoms with Crippen molar-refractivity contribution in [3.8, 4) is 11.5 Å². The van der Waals surface area contributed by atoms with E-state index in [1.165, 1.54) is 5.69 Å². The Kier molecular flexibility index (Phi) is 8.21. The molecule has 0 atom stereocenters. The van der Waals surface area contributed by atoms with Crippen molar-refractivity contribution < 1.29 is 14.2 Å². The second kappa shape index (κ2) is 11.5. The van der Waals surface area contributed by atoms with Crippen molar-refractivity contribution in [2.24, 2.45) is 0 Å². The smallest absolute Gasteiger partial charge is 0.180 e. The summed E-state index contributed by atoms with van der Waals surface area (Å²) in [5.74, 6) is 1.15. The first-order chi connectivity index (χ1) is 16.1. The fourth-order valence-corrected chi connectivity index (χ4v) is 4.19. The Balaban J connectivity index is 1.42. The first kappa shape index (κ1) is 23.6. The predicted octanol–water partition coefficient (Wildman–Crippen LogP) is 6.42. The van der Waals surface area contributed by atoms with Crippen LogP contribution in [0.5, 0.6) is 11.5 Å². The number of rotatable bonds is 9. The Hall–Kier alpha value is -2.60. The van der Waals surface area contributed by atoms with Crippen LogP contribution in [0.15, 0.2) is 60.7 Å². The summed E-state index contributed by atoms with van der Waals surface area (Å²) in [7, 11) is 0. The Morgan fingerprint density at radius 1 is 0.939 bits per heavy atom. The largest absolute Gasteiger partial charge is 0.490 e. The topological polar surface area (TPSA) is 43.0 Å². The van der Waals surface area contributed by atoms with Gasteiger partial charge in [0, 0.05) is 41.6 Å². The van der Waals surface area contributed by atoms with E-state index in [9.17, 15) is 0 Å². The van der Waals surface area contributed by atoms with E-state index in [-0.39, 0.29) is 0 Å². The minimum atomic E-state index is 0.312. The predicted molar refractivity (Wildman–Crippen MR) is 135 cm³/mol. The molecule has 3 aromatic rings. The fraction of sp³-hybridized carbons (Fsp3) is 0.308. The Morgan fingerprint density at radius 3 is 2.42 bits per heavy atom. The molecule has 0 aromatic heterocycles. The summed E-state index contributed by atoms with van der Waals surface area (Å²) in [5, 5.41) is 4.62. The van der Waals surface area contributed by atoms with Crippen LogP contribution in [0.25, 0.3) is 0 Å². The van der Waals surface area contributed by atoms with Gasteiger partial charge in [-0.1, -0.05) is 41.4 Å². The van der Waals surface area contributed by atoms with Crippen LogP contribution < -0.4 is 19.7 Å². The standard InChI is InChI=1S/C26H28Cl2N2O3/c1-2-32-25-16-19(15-24(28)26(25)33-18-20-5-3-4-6-23(20)27)17-29-21-7-9-22(10-8-21)30-11-13-31-14-12-30/h3-10,15-16,29H,2,11-14,17-18H2,1H3. The first-order valence-electron chi connectivity index (χ1n) is 11.1. The Morgan fingerprint density at radius 2 is 1.70 bits per heavy atom. The van der Waals surface area contributed by atoms with E-state index in [1.54, 1.807) is 0 Å². The van der Waals surface area contributed by atoms with Crippen LogP contribution in [0.1, 0.15) is 18.1 Å². The van der Waals surface area contributed by atoms with Gasteiger partial charge in [0.15, 0.2) is 11.5 Å². The molecule has 174 valence electrons. The van der Waals surface area contributed by atoms with E-state index >= 15 is 0 Å². The zero-order chi connectivity index (χ0) is 23.0. The summed E-state index contributed by atoms with van der Waals surface area (Å²) in [5.41, 5.74) is 4.15. The van der Waals surface area contributed by atoms with Gasteiger partial charge in [-0.3, -0.25) is 0 Å². The van der Waals surface area contributed by atoms with Crippen LogP contribution in [-0.2, 0) is 17.9 Å². The SMILES string of the molecule is CCOc1cc(CNc2ccc(N3CCOCC3)cc2)cc(Cl)c1OCc1ccccc1Cl. The maximum absolute atomic E-state index is 6.58. The Bertz CT molecular complexity index is 1050. The van der Waals surface area contributed by atoms with Gasteiger partial charge >= 0.3 is 0 Å². The number of hydrogen-bond acceptors (Lipinski definition) is 5. The van der Waals surface area contributed by atoms with Gasteiger partial charge in [0.2, 0.25) is 0 Å². The van der Waals surface area contributed by atoms with Crippen molar-refractivity contribution in [2.75, 3.05) is 43.1 Å². The quantitative estimate of drug-likeness (QED) is 0.377. The normalized spacial score (nSPS) is 13.6. The Labute approximate surface area is 205 Å². The molecule has 0 amide bonds.